The molecule has 0 N–H and O–H groups in total. The van der Waals surface area contributed by atoms with Gasteiger partial charge in [0.15, 0.2) is 5.58 Å². The fraction of sp³-hybridized carbons (Fsp3) is 0.0870. The zero-order valence-corrected chi connectivity index (χ0v) is 28.6. The second kappa shape index (κ2) is 11.5. The molecule has 7 aromatic carbocycles. The van der Waals surface area contributed by atoms with Crippen molar-refractivity contribution in [3.8, 4) is 22.3 Å². The van der Waals surface area contributed by atoms with Crippen molar-refractivity contribution in [2.75, 3.05) is 4.90 Å². The van der Waals surface area contributed by atoms with E-state index < -0.39 is 0 Å². The number of benzene rings is 7. The molecule has 0 radical (unpaired) electrons. The molecule has 0 fully saturated rings. The molecule has 2 heterocycles. The van der Waals surface area contributed by atoms with Gasteiger partial charge in [-0.3, -0.25) is 0 Å². The number of rotatable bonds is 5. The largest absolute Gasteiger partial charge is 0.454 e. The van der Waals surface area contributed by atoms with Crippen LogP contribution in [-0.2, 0) is 5.41 Å². The Hall–Kier alpha value is -5.64. The van der Waals surface area contributed by atoms with Gasteiger partial charge in [0.05, 0.1) is 5.69 Å². The third kappa shape index (κ3) is 5.18. The van der Waals surface area contributed by atoms with Gasteiger partial charge in [-0.25, -0.2) is 0 Å². The molecule has 0 saturated heterocycles. The van der Waals surface area contributed by atoms with Gasteiger partial charge in [0.1, 0.15) is 5.58 Å². The molecule has 0 amide bonds. The minimum Gasteiger partial charge on any atom is -0.454 e. The summed E-state index contributed by atoms with van der Waals surface area (Å²) in [5.41, 5.74) is 11.1. The Kier molecular flexibility index (Phi) is 6.93. The van der Waals surface area contributed by atoms with Crippen molar-refractivity contribution in [1.29, 1.82) is 0 Å². The summed E-state index contributed by atoms with van der Waals surface area (Å²) in [4.78, 5) is 2.32. The summed E-state index contributed by atoms with van der Waals surface area (Å²) in [6.07, 6.45) is 0. The molecule has 2 nitrogen and oxygen atoms in total. The summed E-state index contributed by atoms with van der Waals surface area (Å²) in [5, 5.41) is 4.89. The van der Waals surface area contributed by atoms with Crippen LogP contribution in [0.4, 0.5) is 17.1 Å². The van der Waals surface area contributed by atoms with Crippen LogP contribution in [0.5, 0.6) is 0 Å². The molecule has 9 rings (SSSR count). The Balaban J connectivity index is 1.18. The summed E-state index contributed by atoms with van der Waals surface area (Å²) in [6.45, 7) is 6.73. The summed E-state index contributed by atoms with van der Waals surface area (Å²) < 4.78 is 9.40. The third-order valence-corrected chi connectivity index (χ3v) is 10.8. The SMILES string of the molecule is CC(C)(C)c1ccc2c(c1)oc1c(N(c3ccc(-c4ccccc4)cc3)c3ccc(-c4ccc5sc6ccccc6c5c4)cc3)cccc12. The van der Waals surface area contributed by atoms with Crippen LogP contribution in [0, 0.1) is 0 Å². The predicted molar refractivity (Wildman–Crippen MR) is 211 cm³/mol. The fourth-order valence-electron chi connectivity index (χ4n) is 7.00. The molecule has 0 aliphatic rings. The molecule has 0 spiro atoms. The van der Waals surface area contributed by atoms with E-state index >= 15 is 0 Å². The van der Waals surface area contributed by atoms with Crippen molar-refractivity contribution in [3.05, 3.63) is 163 Å². The number of fused-ring (bicyclic) bond motifs is 6. The van der Waals surface area contributed by atoms with E-state index in [0.29, 0.717) is 0 Å². The molecule has 9 aromatic rings. The van der Waals surface area contributed by atoms with E-state index in [1.54, 1.807) is 0 Å². The average Bonchev–Trinajstić information content (AvgIpc) is 3.70. The lowest BCUT2D eigenvalue weighted by Crippen LogP contribution is -2.10. The normalized spacial score (nSPS) is 12.0. The van der Waals surface area contributed by atoms with Crippen LogP contribution >= 0.6 is 11.3 Å². The van der Waals surface area contributed by atoms with Gasteiger partial charge in [0, 0.05) is 42.3 Å². The third-order valence-electron chi connectivity index (χ3n) is 9.65. The summed E-state index contributed by atoms with van der Waals surface area (Å²) in [6, 6.07) is 57.0. The second-order valence-electron chi connectivity index (χ2n) is 13.8. The van der Waals surface area contributed by atoms with Gasteiger partial charge < -0.3 is 9.32 Å². The lowest BCUT2D eigenvalue weighted by molar-refractivity contribution is 0.587. The zero-order chi connectivity index (χ0) is 33.1. The van der Waals surface area contributed by atoms with Crippen LogP contribution < -0.4 is 4.90 Å². The van der Waals surface area contributed by atoms with E-state index in [2.05, 4.69) is 183 Å². The number of nitrogens with zero attached hydrogens (tertiary/aromatic N) is 1. The zero-order valence-electron chi connectivity index (χ0n) is 27.8. The Morgan fingerprint density at radius 1 is 0.469 bits per heavy atom. The summed E-state index contributed by atoms with van der Waals surface area (Å²) in [5.74, 6) is 0. The van der Waals surface area contributed by atoms with E-state index in [1.165, 1.54) is 48.0 Å². The molecular formula is C46H35NOS. The van der Waals surface area contributed by atoms with Crippen LogP contribution in [0.25, 0.3) is 64.4 Å². The molecule has 0 bridgehead atoms. The maximum atomic E-state index is 6.76. The van der Waals surface area contributed by atoms with E-state index in [4.69, 9.17) is 4.42 Å². The summed E-state index contributed by atoms with van der Waals surface area (Å²) >= 11 is 1.86. The quantitative estimate of drug-likeness (QED) is 0.184. The van der Waals surface area contributed by atoms with Crippen LogP contribution in [0.1, 0.15) is 26.3 Å². The molecule has 236 valence electrons. The molecule has 2 aromatic heterocycles. The van der Waals surface area contributed by atoms with E-state index in [0.717, 1.165) is 39.0 Å². The number of hydrogen-bond donors (Lipinski definition) is 0. The molecule has 3 heteroatoms. The minimum absolute atomic E-state index is 0.0331. The Morgan fingerprint density at radius 3 is 1.82 bits per heavy atom. The highest BCUT2D eigenvalue weighted by atomic mass is 32.1. The van der Waals surface area contributed by atoms with Crippen molar-refractivity contribution < 1.29 is 4.42 Å². The molecular weight excluding hydrogens is 615 g/mol. The van der Waals surface area contributed by atoms with Gasteiger partial charge >= 0.3 is 0 Å². The lowest BCUT2D eigenvalue weighted by Gasteiger charge is -2.26. The van der Waals surface area contributed by atoms with Gasteiger partial charge in [-0.2, -0.15) is 0 Å². The standard InChI is InChI=1S/C46H35NOS/c1-46(2,3)34-21-26-37-39-13-9-14-41(45(39)48-42(37)29-34)47(35-22-16-31(17-23-35)30-10-5-4-6-11-30)36-24-18-32(19-25-36)33-20-27-44-40(28-33)38-12-7-8-15-43(38)49-44/h4-29H,1-3H3. The number of para-hydroxylation sites is 1. The van der Waals surface area contributed by atoms with Crippen molar-refractivity contribution >= 4 is 70.5 Å². The maximum Gasteiger partial charge on any atom is 0.159 e. The first-order valence-corrected chi connectivity index (χ1v) is 17.7. The molecule has 0 aliphatic carbocycles. The fourth-order valence-corrected chi connectivity index (χ4v) is 8.08. The summed E-state index contributed by atoms with van der Waals surface area (Å²) in [7, 11) is 0. The average molecular weight is 650 g/mol. The van der Waals surface area contributed by atoms with Crippen molar-refractivity contribution in [3.63, 3.8) is 0 Å². The molecule has 0 saturated carbocycles. The topological polar surface area (TPSA) is 16.4 Å². The van der Waals surface area contributed by atoms with Gasteiger partial charge in [-0.05, 0) is 87.8 Å². The minimum atomic E-state index is 0.0331. The Labute approximate surface area is 290 Å². The van der Waals surface area contributed by atoms with Crippen molar-refractivity contribution in [1.82, 2.24) is 0 Å². The van der Waals surface area contributed by atoms with Gasteiger partial charge in [-0.1, -0.05) is 124 Å². The molecule has 49 heavy (non-hydrogen) atoms. The smallest absolute Gasteiger partial charge is 0.159 e. The predicted octanol–water partition coefficient (Wildman–Crippen LogP) is 14.1. The van der Waals surface area contributed by atoms with Crippen molar-refractivity contribution in [2.24, 2.45) is 0 Å². The molecule has 0 unspecified atom stereocenters. The van der Waals surface area contributed by atoms with Gasteiger partial charge in [0.25, 0.3) is 0 Å². The number of furan rings is 1. The highest BCUT2D eigenvalue weighted by Crippen LogP contribution is 2.44. The van der Waals surface area contributed by atoms with Crippen LogP contribution in [0.3, 0.4) is 0 Å². The van der Waals surface area contributed by atoms with E-state index in [1.807, 2.05) is 11.3 Å². The molecule has 0 atom stereocenters. The van der Waals surface area contributed by atoms with Crippen molar-refractivity contribution in [2.45, 2.75) is 26.2 Å². The van der Waals surface area contributed by atoms with Crippen LogP contribution in [0.2, 0.25) is 0 Å². The Bertz CT molecular complexity index is 2620. The van der Waals surface area contributed by atoms with Gasteiger partial charge in [0.2, 0.25) is 0 Å². The molecule has 0 aliphatic heterocycles. The maximum absolute atomic E-state index is 6.76. The van der Waals surface area contributed by atoms with Gasteiger partial charge in [-0.15, -0.1) is 11.3 Å². The number of anilines is 3. The highest BCUT2D eigenvalue weighted by Gasteiger charge is 2.21. The van der Waals surface area contributed by atoms with Crippen LogP contribution in [0.15, 0.2) is 162 Å². The highest BCUT2D eigenvalue weighted by molar-refractivity contribution is 7.25. The first-order valence-electron chi connectivity index (χ1n) is 16.8. The van der Waals surface area contributed by atoms with E-state index in [-0.39, 0.29) is 5.41 Å². The van der Waals surface area contributed by atoms with E-state index in [9.17, 15) is 0 Å². The lowest BCUT2D eigenvalue weighted by atomic mass is 9.87. The number of thiophene rings is 1. The second-order valence-corrected chi connectivity index (χ2v) is 14.9. The Morgan fingerprint density at radius 2 is 1.08 bits per heavy atom. The van der Waals surface area contributed by atoms with Crippen LogP contribution in [-0.4, -0.2) is 0 Å². The first-order chi connectivity index (χ1) is 23.9. The first kappa shape index (κ1) is 29.5. The monoisotopic (exact) mass is 649 g/mol. The number of hydrogen-bond acceptors (Lipinski definition) is 3.